The second-order valence-corrected chi connectivity index (χ2v) is 6.43. The maximum atomic E-state index is 12.1. The highest BCUT2D eigenvalue weighted by atomic mass is 32.2. The van der Waals surface area contributed by atoms with Gasteiger partial charge in [-0.05, 0) is 18.4 Å². The molecule has 0 unspecified atom stereocenters. The smallest absolute Gasteiger partial charge is 0.206 e. The molecule has 15 heavy (non-hydrogen) atoms. The van der Waals surface area contributed by atoms with Crippen molar-refractivity contribution in [1.82, 2.24) is 4.31 Å². The number of hydrogen-bond donors (Lipinski definition) is 0. The van der Waals surface area contributed by atoms with Gasteiger partial charge >= 0.3 is 0 Å². The molecule has 84 valence electrons. The lowest BCUT2D eigenvalue weighted by atomic mass is 10.3. The van der Waals surface area contributed by atoms with Crippen LogP contribution in [0, 0.1) is 0 Å². The van der Waals surface area contributed by atoms with E-state index in [-0.39, 0.29) is 0 Å². The summed E-state index contributed by atoms with van der Waals surface area (Å²) >= 11 is 1.24. The van der Waals surface area contributed by atoms with E-state index in [1.54, 1.807) is 17.5 Å². The zero-order valence-corrected chi connectivity index (χ0v) is 10.6. The largest absolute Gasteiger partial charge is 0.252 e. The van der Waals surface area contributed by atoms with Crippen LogP contribution >= 0.6 is 11.3 Å². The van der Waals surface area contributed by atoms with Crippen molar-refractivity contribution in [3.63, 3.8) is 0 Å². The van der Waals surface area contributed by atoms with Gasteiger partial charge in [0, 0.05) is 13.1 Å². The van der Waals surface area contributed by atoms with Gasteiger partial charge in [-0.2, -0.15) is 4.31 Å². The molecule has 0 amide bonds. The minimum absolute atomic E-state index is 0.386. The van der Waals surface area contributed by atoms with Crippen molar-refractivity contribution in [2.75, 3.05) is 13.1 Å². The molecule has 0 saturated carbocycles. The van der Waals surface area contributed by atoms with Crippen molar-refractivity contribution in [3.05, 3.63) is 29.7 Å². The Hall–Kier alpha value is -0.650. The fourth-order valence-electron chi connectivity index (χ4n) is 1.21. The number of thiophene rings is 1. The van der Waals surface area contributed by atoms with Crippen LogP contribution in [0.1, 0.15) is 13.8 Å². The number of sulfonamides is 1. The summed E-state index contributed by atoms with van der Waals surface area (Å²) in [4.78, 5) is 0. The molecular formula is C10H15NO2S2. The third-order valence-corrected chi connectivity index (χ3v) is 5.18. The Bertz CT molecular complexity index is 420. The van der Waals surface area contributed by atoms with E-state index in [2.05, 4.69) is 6.58 Å². The maximum Gasteiger partial charge on any atom is 0.252 e. The Balaban J connectivity index is 2.98. The summed E-state index contributed by atoms with van der Waals surface area (Å²) < 4.78 is 25.9. The van der Waals surface area contributed by atoms with E-state index in [1.807, 2.05) is 13.8 Å². The molecule has 0 saturated heterocycles. The standard InChI is InChI=1S/C10H15NO2S2/c1-4-11(8-9(2)3)15(12,13)10-6-5-7-14-10/h5-7H,2,4,8H2,1,3H3. The zero-order valence-electron chi connectivity index (χ0n) is 8.93. The van der Waals surface area contributed by atoms with Crippen LogP contribution in [0.15, 0.2) is 33.9 Å². The highest BCUT2D eigenvalue weighted by Gasteiger charge is 2.23. The summed E-state index contributed by atoms with van der Waals surface area (Å²) in [7, 11) is -3.31. The molecule has 5 heteroatoms. The minimum atomic E-state index is -3.31. The molecule has 1 aromatic rings. The van der Waals surface area contributed by atoms with Gasteiger partial charge in [-0.25, -0.2) is 8.42 Å². The van der Waals surface area contributed by atoms with Gasteiger partial charge in [0.2, 0.25) is 0 Å². The van der Waals surface area contributed by atoms with E-state index in [0.717, 1.165) is 5.57 Å². The van der Waals surface area contributed by atoms with E-state index in [0.29, 0.717) is 17.3 Å². The molecule has 0 radical (unpaired) electrons. The van der Waals surface area contributed by atoms with Crippen molar-refractivity contribution < 1.29 is 8.42 Å². The van der Waals surface area contributed by atoms with Gasteiger partial charge in [0.1, 0.15) is 4.21 Å². The van der Waals surface area contributed by atoms with E-state index in [9.17, 15) is 8.42 Å². The Morgan fingerprint density at radius 2 is 2.27 bits per heavy atom. The van der Waals surface area contributed by atoms with Gasteiger partial charge in [0.25, 0.3) is 10.0 Å². The van der Waals surface area contributed by atoms with Crippen molar-refractivity contribution in [2.45, 2.75) is 18.1 Å². The first-order chi connectivity index (χ1) is 6.98. The van der Waals surface area contributed by atoms with Gasteiger partial charge in [-0.1, -0.05) is 25.1 Å². The van der Waals surface area contributed by atoms with Gasteiger partial charge in [0.05, 0.1) is 0 Å². The van der Waals surface area contributed by atoms with Gasteiger partial charge in [0.15, 0.2) is 0 Å². The Labute approximate surface area is 95.1 Å². The van der Waals surface area contributed by atoms with Crippen molar-refractivity contribution >= 4 is 21.4 Å². The molecule has 1 aromatic heterocycles. The molecule has 0 spiro atoms. The molecule has 0 bridgehead atoms. The summed E-state index contributed by atoms with van der Waals surface area (Å²) in [5.41, 5.74) is 0.844. The first-order valence-corrected chi connectivity index (χ1v) is 6.98. The Morgan fingerprint density at radius 3 is 2.67 bits per heavy atom. The average molecular weight is 245 g/mol. The first kappa shape index (κ1) is 12.4. The molecule has 1 rings (SSSR count). The van der Waals surface area contributed by atoms with Crippen molar-refractivity contribution in [2.24, 2.45) is 0 Å². The van der Waals surface area contributed by atoms with E-state index < -0.39 is 10.0 Å². The molecule has 1 heterocycles. The second kappa shape index (κ2) is 4.92. The third-order valence-electron chi connectivity index (χ3n) is 1.89. The van der Waals surface area contributed by atoms with Gasteiger partial charge in [-0.3, -0.25) is 0 Å². The lowest BCUT2D eigenvalue weighted by Crippen LogP contribution is -2.31. The molecule has 3 nitrogen and oxygen atoms in total. The van der Waals surface area contributed by atoms with Crippen LogP contribution in [0.25, 0.3) is 0 Å². The van der Waals surface area contributed by atoms with E-state index in [4.69, 9.17) is 0 Å². The van der Waals surface area contributed by atoms with Gasteiger partial charge in [-0.15, -0.1) is 11.3 Å². The zero-order chi connectivity index (χ0) is 11.5. The number of hydrogen-bond acceptors (Lipinski definition) is 3. The normalized spacial score (nSPS) is 11.9. The fourth-order valence-corrected chi connectivity index (χ4v) is 3.86. The van der Waals surface area contributed by atoms with Crippen molar-refractivity contribution in [1.29, 1.82) is 0 Å². The number of rotatable bonds is 5. The maximum absolute atomic E-state index is 12.1. The molecular weight excluding hydrogens is 230 g/mol. The molecule has 0 N–H and O–H groups in total. The summed E-state index contributed by atoms with van der Waals surface area (Å²) in [5, 5.41) is 1.77. The fraction of sp³-hybridized carbons (Fsp3) is 0.400. The molecule has 0 fully saturated rings. The van der Waals surface area contributed by atoms with Crippen LogP contribution in [0.5, 0.6) is 0 Å². The molecule has 0 atom stereocenters. The highest BCUT2D eigenvalue weighted by molar-refractivity contribution is 7.91. The van der Waals surface area contributed by atoms with Crippen LogP contribution in [0.2, 0.25) is 0 Å². The summed E-state index contributed by atoms with van der Waals surface area (Å²) in [6.45, 7) is 8.24. The second-order valence-electron chi connectivity index (χ2n) is 3.32. The molecule has 0 aliphatic carbocycles. The molecule has 0 aliphatic heterocycles. The number of nitrogens with zero attached hydrogens (tertiary/aromatic N) is 1. The number of likely N-dealkylation sites (N-methyl/N-ethyl adjacent to an activating group) is 1. The topological polar surface area (TPSA) is 37.4 Å². The predicted octanol–water partition coefficient (Wildman–Crippen LogP) is 2.33. The van der Waals surface area contributed by atoms with E-state index in [1.165, 1.54) is 15.6 Å². The predicted molar refractivity (Wildman–Crippen MR) is 63.6 cm³/mol. The minimum Gasteiger partial charge on any atom is -0.206 e. The summed E-state index contributed by atoms with van der Waals surface area (Å²) in [5.74, 6) is 0. The summed E-state index contributed by atoms with van der Waals surface area (Å²) in [6, 6.07) is 3.37. The quantitative estimate of drug-likeness (QED) is 0.747. The molecule has 0 aromatic carbocycles. The highest BCUT2D eigenvalue weighted by Crippen LogP contribution is 2.21. The SMILES string of the molecule is C=C(C)CN(CC)S(=O)(=O)c1cccs1. The Morgan fingerprint density at radius 1 is 1.60 bits per heavy atom. The van der Waals surface area contributed by atoms with Crippen LogP contribution in [0.3, 0.4) is 0 Å². The lowest BCUT2D eigenvalue weighted by molar-refractivity contribution is 0.454. The summed E-state index contributed by atoms with van der Waals surface area (Å²) in [6.07, 6.45) is 0. The average Bonchev–Trinajstić information content (AvgIpc) is 2.66. The van der Waals surface area contributed by atoms with Crippen LogP contribution in [0.4, 0.5) is 0 Å². The van der Waals surface area contributed by atoms with Crippen LogP contribution in [-0.2, 0) is 10.0 Å². The third kappa shape index (κ3) is 2.90. The van der Waals surface area contributed by atoms with Gasteiger partial charge < -0.3 is 0 Å². The molecule has 0 aliphatic rings. The first-order valence-electron chi connectivity index (χ1n) is 4.66. The van der Waals surface area contributed by atoms with Crippen molar-refractivity contribution in [3.8, 4) is 0 Å². The lowest BCUT2D eigenvalue weighted by Gasteiger charge is -2.19. The Kier molecular flexibility index (Phi) is 4.07. The van der Waals surface area contributed by atoms with E-state index >= 15 is 0 Å². The van der Waals surface area contributed by atoms with Crippen LogP contribution in [-0.4, -0.2) is 25.8 Å². The van der Waals surface area contributed by atoms with Crippen LogP contribution < -0.4 is 0 Å². The monoisotopic (exact) mass is 245 g/mol.